The van der Waals surface area contributed by atoms with Gasteiger partial charge < -0.3 is 20.5 Å². The minimum Gasteiger partial charge on any atom is -0.481 e. The molecule has 0 saturated carbocycles. The highest BCUT2D eigenvalue weighted by atomic mass is 32.1. The SMILES string of the molecule is COc1ccc2nc(Nc3cc(Cc4ccccc4)nc(NCCCCCO)n3)sc2n1. The summed E-state index contributed by atoms with van der Waals surface area (Å²) in [5, 5.41) is 16.3. The van der Waals surface area contributed by atoms with E-state index in [2.05, 4.69) is 37.7 Å². The van der Waals surface area contributed by atoms with Crippen LogP contribution in [0.5, 0.6) is 5.88 Å². The minimum absolute atomic E-state index is 0.222. The number of pyridine rings is 1. The van der Waals surface area contributed by atoms with Gasteiger partial charge in [-0.1, -0.05) is 41.7 Å². The van der Waals surface area contributed by atoms with Gasteiger partial charge in [0.15, 0.2) is 5.13 Å². The number of aliphatic hydroxyl groups excluding tert-OH is 1. The lowest BCUT2D eigenvalue weighted by molar-refractivity contribution is 0.283. The van der Waals surface area contributed by atoms with Gasteiger partial charge in [0, 0.05) is 31.7 Å². The van der Waals surface area contributed by atoms with Gasteiger partial charge in [-0.3, -0.25) is 0 Å². The summed E-state index contributed by atoms with van der Waals surface area (Å²) in [6.07, 6.45) is 3.41. The smallest absolute Gasteiger partial charge is 0.224 e. The predicted molar refractivity (Wildman–Crippen MR) is 128 cm³/mol. The van der Waals surface area contributed by atoms with Crippen LogP contribution in [-0.2, 0) is 6.42 Å². The Balaban J connectivity index is 1.55. The number of methoxy groups -OCH3 is 1. The van der Waals surface area contributed by atoms with Crippen molar-refractivity contribution in [2.45, 2.75) is 25.7 Å². The molecule has 0 unspecified atom stereocenters. The number of hydrogen-bond donors (Lipinski definition) is 3. The van der Waals surface area contributed by atoms with E-state index in [0.29, 0.717) is 29.2 Å². The van der Waals surface area contributed by atoms with Crippen molar-refractivity contribution in [3.8, 4) is 5.88 Å². The number of fused-ring (bicyclic) bond motifs is 1. The molecule has 0 spiro atoms. The minimum atomic E-state index is 0.222. The molecule has 0 bridgehead atoms. The van der Waals surface area contributed by atoms with E-state index in [4.69, 9.17) is 14.8 Å². The quantitative estimate of drug-likeness (QED) is 0.289. The zero-order valence-electron chi connectivity index (χ0n) is 17.9. The number of nitrogens with zero attached hydrogens (tertiary/aromatic N) is 4. The van der Waals surface area contributed by atoms with Gasteiger partial charge in [0.05, 0.1) is 12.8 Å². The van der Waals surface area contributed by atoms with Crippen LogP contribution in [-0.4, -0.2) is 45.3 Å². The van der Waals surface area contributed by atoms with E-state index >= 15 is 0 Å². The Morgan fingerprint density at radius 2 is 1.84 bits per heavy atom. The van der Waals surface area contributed by atoms with E-state index in [1.54, 1.807) is 13.2 Å². The Bertz CT molecular complexity index is 1150. The third kappa shape index (κ3) is 5.89. The molecule has 0 radical (unpaired) electrons. The van der Waals surface area contributed by atoms with Crippen LogP contribution in [0.25, 0.3) is 10.3 Å². The standard InChI is InChI=1S/C23H26N6O2S/c1-31-20-11-10-18-21(29-20)32-23(26-18)28-19-15-17(14-16-8-4-2-5-9-16)25-22(27-19)24-12-6-3-7-13-30/h2,4-5,8-11,15,30H,3,6-7,12-14H2,1H3,(H2,24,25,26,27,28). The molecule has 0 fully saturated rings. The molecule has 0 amide bonds. The number of aromatic nitrogens is 4. The van der Waals surface area contributed by atoms with E-state index < -0.39 is 0 Å². The molecule has 1 aromatic carbocycles. The fourth-order valence-electron chi connectivity index (χ4n) is 3.23. The second-order valence-corrected chi connectivity index (χ2v) is 8.24. The van der Waals surface area contributed by atoms with Gasteiger partial charge in [-0.05, 0) is 30.9 Å². The number of hydrogen-bond acceptors (Lipinski definition) is 9. The monoisotopic (exact) mass is 450 g/mol. The van der Waals surface area contributed by atoms with Crippen LogP contribution in [0.3, 0.4) is 0 Å². The molecule has 0 aliphatic rings. The summed E-state index contributed by atoms with van der Waals surface area (Å²) in [7, 11) is 1.60. The van der Waals surface area contributed by atoms with E-state index in [1.165, 1.54) is 16.9 Å². The molecule has 166 valence electrons. The lowest BCUT2D eigenvalue weighted by atomic mass is 10.1. The average molecular weight is 451 g/mol. The number of unbranched alkanes of at least 4 members (excludes halogenated alkanes) is 2. The van der Waals surface area contributed by atoms with Gasteiger partial charge in [0.2, 0.25) is 11.8 Å². The third-order valence-corrected chi connectivity index (χ3v) is 5.68. The summed E-state index contributed by atoms with van der Waals surface area (Å²) in [5.74, 6) is 1.81. The first-order valence-corrected chi connectivity index (χ1v) is 11.4. The van der Waals surface area contributed by atoms with Crippen LogP contribution in [0.4, 0.5) is 16.9 Å². The lowest BCUT2D eigenvalue weighted by Crippen LogP contribution is -2.09. The Morgan fingerprint density at radius 1 is 0.969 bits per heavy atom. The van der Waals surface area contributed by atoms with Crippen molar-refractivity contribution < 1.29 is 9.84 Å². The summed E-state index contributed by atoms with van der Waals surface area (Å²) in [6, 6.07) is 15.9. The Hall–Kier alpha value is -3.30. The highest BCUT2D eigenvalue weighted by molar-refractivity contribution is 7.21. The molecule has 0 saturated heterocycles. The summed E-state index contributed by atoms with van der Waals surface area (Å²) >= 11 is 1.45. The molecule has 3 heterocycles. The molecule has 0 aliphatic carbocycles. The molecule has 8 nitrogen and oxygen atoms in total. The predicted octanol–water partition coefficient (Wildman–Crippen LogP) is 4.40. The molecule has 3 N–H and O–H groups in total. The van der Waals surface area contributed by atoms with Crippen LogP contribution in [0.2, 0.25) is 0 Å². The van der Waals surface area contributed by atoms with Gasteiger partial charge >= 0.3 is 0 Å². The molecule has 0 atom stereocenters. The molecule has 9 heteroatoms. The molecule has 3 aromatic heterocycles. The maximum absolute atomic E-state index is 8.95. The first-order chi connectivity index (χ1) is 15.7. The second kappa shape index (κ2) is 10.8. The number of rotatable bonds is 11. The van der Waals surface area contributed by atoms with Crippen molar-refractivity contribution in [3.63, 3.8) is 0 Å². The van der Waals surface area contributed by atoms with Crippen molar-refractivity contribution >= 4 is 38.6 Å². The number of benzene rings is 1. The van der Waals surface area contributed by atoms with E-state index in [0.717, 1.165) is 41.8 Å². The number of aliphatic hydroxyl groups is 1. The Morgan fingerprint density at radius 3 is 2.66 bits per heavy atom. The Labute approximate surface area is 190 Å². The number of ether oxygens (including phenoxy) is 1. The molecule has 4 rings (SSSR count). The topological polar surface area (TPSA) is 105 Å². The lowest BCUT2D eigenvalue weighted by Gasteiger charge is -2.10. The summed E-state index contributed by atoms with van der Waals surface area (Å²) in [5.41, 5.74) is 2.90. The number of anilines is 3. The van der Waals surface area contributed by atoms with Crippen LogP contribution in [0.1, 0.15) is 30.5 Å². The maximum atomic E-state index is 8.95. The molecule has 32 heavy (non-hydrogen) atoms. The summed E-state index contributed by atoms with van der Waals surface area (Å²) < 4.78 is 5.20. The van der Waals surface area contributed by atoms with Gasteiger partial charge in [-0.25, -0.2) is 15.0 Å². The first kappa shape index (κ1) is 21.9. The van der Waals surface area contributed by atoms with Crippen molar-refractivity contribution in [2.24, 2.45) is 0 Å². The van der Waals surface area contributed by atoms with Crippen molar-refractivity contribution in [1.82, 2.24) is 19.9 Å². The van der Waals surface area contributed by atoms with E-state index in [9.17, 15) is 0 Å². The first-order valence-electron chi connectivity index (χ1n) is 10.6. The summed E-state index contributed by atoms with van der Waals surface area (Å²) in [6.45, 7) is 0.971. The normalized spacial score (nSPS) is 10.9. The van der Waals surface area contributed by atoms with Gasteiger partial charge in [-0.15, -0.1) is 0 Å². The van der Waals surface area contributed by atoms with Crippen LogP contribution in [0, 0.1) is 0 Å². The largest absolute Gasteiger partial charge is 0.481 e. The van der Waals surface area contributed by atoms with Gasteiger partial charge in [-0.2, -0.15) is 4.98 Å². The highest BCUT2D eigenvalue weighted by Crippen LogP contribution is 2.28. The zero-order valence-corrected chi connectivity index (χ0v) is 18.7. The van der Waals surface area contributed by atoms with E-state index in [-0.39, 0.29) is 6.61 Å². The van der Waals surface area contributed by atoms with E-state index in [1.807, 2.05) is 30.3 Å². The Kier molecular flexibility index (Phi) is 7.42. The molecular formula is C23H26N6O2S. The van der Waals surface area contributed by atoms with Crippen LogP contribution < -0.4 is 15.4 Å². The number of nitrogens with one attached hydrogen (secondary N) is 2. The van der Waals surface area contributed by atoms with Crippen molar-refractivity contribution in [2.75, 3.05) is 30.9 Å². The molecule has 0 aliphatic heterocycles. The van der Waals surface area contributed by atoms with Crippen LogP contribution >= 0.6 is 11.3 Å². The van der Waals surface area contributed by atoms with Gasteiger partial charge in [0.1, 0.15) is 16.2 Å². The molecule has 4 aromatic rings. The third-order valence-electron chi connectivity index (χ3n) is 4.80. The molecular weight excluding hydrogens is 424 g/mol. The fourth-order valence-corrected chi connectivity index (χ4v) is 4.06. The van der Waals surface area contributed by atoms with Crippen molar-refractivity contribution in [1.29, 1.82) is 0 Å². The average Bonchev–Trinajstić information content (AvgIpc) is 3.20. The summed E-state index contributed by atoms with van der Waals surface area (Å²) in [4.78, 5) is 19.2. The fraction of sp³-hybridized carbons (Fsp3) is 0.304. The highest BCUT2D eigenvalue weighted by Gasteiger charge is 2.10. The number of thiazole rings is 1. The van der Waals surface area contributed by atoms with Crippen LogP contribution in [0.15, 0.2) is 48.5 Å². The second-order valence-electron chi connectivity index (χ2n) is 7.26. The van der Waals surface area contributed by atoms with Crippen molar-refractivity contribution in [3.05, 3.63) is 59.8 Å². The zero-order chi connectivity index (χ0) is 22.2. The van der Waals surface area contributed by atoms with Gasteiger partial charge in [0.25, 0.3) is 0 Å². The maximum Gasteiger partial charge on any atom is 0.224 e.